The molecular formula is C27H25F3N6O2S. The smallest absolute Gasteiger partial charge is 0.309 e. The maximum atomic E-state index is 12.9. The molecule has 0 aliphatic heterocycles. The molecule has 0 atom stereocenters. The van der Waals surface area contributed by atoms with E-state index in [9.17, 15) is 22.8 Å². The van der Waals surface area contributed by atoms with Crippen LogP contribution in [0.2, 0.25) is 0 Å². The second-order valence-corrected chi connectivity index (χ2v) is 9.81. The summed E-state index contributed by atoms with van der Waals surface area (Å²) in [6.45, 7) is 0. The van der Waals surface area contributed by atoms with E-state index in [0.29, 0.717) is 23.8 Å². The van der Waals surface area contributed by atoms with E-state index in [2.05, 4.69) is 31.0 Å². The molecule has 4 rings (SSSR count). The first-order chi connectivity index (χ1) is 18.7. The molecular weight excluding hydrogens is 529 g/mol. The molecule has 4 aromatic rings. The lowest BCUT2D eigenvalue weighted by atomic mass is 10.1. The molecule has 0 spiro atoms. The van der Waals surface area contributed by atoms with E-state index >= 15 is 0 Å². The molecule has 0 aliphatic rings. The van der Waals surface area contributed by atoms with Gasteiger partial charge in [-0.05, 0) is 48.6 Å². The predicted molar refractivity (Wildman–Crippen MR) is 141 cm³/mol. The van der Waals surface area contributed by atoms with Gasteiger partial charge in [-0.15, -0.1) is 15.3 Å². The molecule has 202 valence electrons. The number of aromatic nitrogens is 4. The number of halogens is 3. The predicted octanol–water partition coefficient (Wildman–Crippen LogP) is 5.27. The molecule has 0 aliphatic carbocycles. The van der Waals surface area contributed by atoms with E-state index in [4.69, 9.17) is 0 Å². The van der Waals surface area contributed by atoms with Crippen molar-refractivity contribution in [3.63, 3.8) is 0 Å². The maximum absolute atomic E-state index is 12.9. The molecule has 2 aromatic heterocycles. The number of unbranched alkanes of at least 4 members (excludes halogenated alkanes) is 1. The Kier molecular flexibility index (Phi) is 9.31. The largest absolute Gasteiger partial charge is 0.416 e. The normalized spacial score (nSPS) is 11.3. The number of nitrogens with zero attached hydrogens (tertiary/aromatic N) is 4. The van der Waals surface area contributed by atoms with Gasteiger partial charge in [-0.3, -0.25) is 9.59 Å². The van der Waals surface area contributed by atoms with E-state index in [1.54, 1.807) is 6.07 Å². The van der Waals surface area contributed by atoms with Crippen molar-refractivity contribution in [2.24, 2.45) is 0 Å². The topological polar surface area (TPSA) is 110 Å². The van der Waals surface area contributed by atoms with Crippen molar-refractivity contribution in [3.05, 3.63) is 94.1 Å². The third-order valence-corrected chi connectivity index (χ3v) is 6.50. The molecule has 0 saturated carbocycles. The lowest BCUT2D eigenvalue weighted by Gasteiger charge is -2.08. The lowest BCUT2D eigenvalue weighted by molar-refractivity contribution is -0.137. The fourth-order valence-corrected chi connectivity index (χ4v) is 4.52. The minimum Gasteiger partial charge on any atom is -0.309 e. The highest BCUT2D eigenvalue weighted by atomic mass is 32.1. The van der Waals surface area contributed by atoms with Crippen molar-refractivity contribution < 1.29 is 22.8 Å². The number of anilines is 2. The minimum absolute atomic E-state index is 0.161. The number of carbonyl (C=O) groups excluding carboxylic acids is 2. The number of benzene rings is 2. The average Bonchev–Trinajstić information content (AvgIpc) is 3.34. The number of hydrogen-bond donors (Lipinski definition) is 2. The van der Waals surface area contributed by atoms with Crippen LogP contribution in [0.3, 0.4) is 0 Å². The summed E-state index contributed by atoms with van der Waals surface area (Å²) >= 11 is 1.23. The second kappa shape index (κ2) is 13.1. The van der Waals surface area contributed by atoms with Crippen LogP contribution in [0.4, 0.5) is 24.1 Å². The second-order valence-electron chi connectivity index (χ2n) is 8.75. The Morgan fingerprint density at radius 3 is 2.21 bits per heavy atom. The maximum Gasteiger partial charge on any atom is 0.416 e. The molecule has 2 aromatic carbocycles. The summed E-state index contributed by atoms with van der Waals surface area (Å²) in [4.78, 5) is 24.4. The number of amides is 2. The van der Waals surface area contributed by atoms with Crippen LogP contribution in [0.15, 0.2) is 66.7 Å². The van der Waals surface area contributed by atoms with Gasteiger partial charge in [0.2, 0.25) is 16.9 Å². The summed E-state index contributed by atoms with van der Waals surface area (Å²) in [7, 11) is 0. The zero-order valence-electron chi connectivity index (χ0n) is 20.7. The summed E-state index contributed by atoms with van der Waals surface area (Å²) in [6, 6.07) is 17.7. The van der Waals surface area contributed by atoms with Crippen LogP contribution < -0.4 is 10.6 Å². The SMILES string of the molecule is O=C(Cc1ccccc1)Nc1ccc(CCCCc2nnc(NC(=O)Cc3cccc(C(F)(F)F)c3)s2)nn1. The molecule has 2 N–H and O–H groups in total. The molecule has 8 nitrogen and oxygen atoms in total. The molecule has 2 amide bonds. The first-order valence-electron chi connectivity index (χ1n) is 12.2. The summed E-state index contributed by atoms with van der Waals surface area (Å²) in [5.41, 5.74) is 1.19. The summed E-state index contributed by atoms with van der Waals surface area (Å²) in [5, 5.41) is 22.7. The molecule has 0 fully saturated rings. The summed E-state index contributed by atoms with van der Waals surface area (Å²) < 4.78 is 38.6. The van der Waals surface area contributed by atoms with Crippen molar-refractivity contribution in [1.29, 1.82) is 0 Å². The number of hydrogen-bond acceptors (Lipinski definition) is 7. The minimum atomic E-state index is -4.46. The van der Waals surface area contributed by atoms with Gasteiger partial charge >= 0.3 is 6.18 Å². The zero-order chi connectivity index (χ0) is 27.7. The Balaban J connectivity index is 1.16. The highest BCUT2D eigenvalue weighted by Gasteiger charge is 2.30. The van der Waals surface area contributed by atoms with E-state index in [0.717, 1.165) is 41.2 Å². The number of aryl methyl sites for hydroxylation is 2. The number of alkyl halides is 3. The van der Waals surface area contributed by atoms with Crippen LogP contribution in [0.25, 0.3) is 0 Å². The van der Waals surface area contributed by atoms with E-state index < -0.39 is 17.6 Å². The molecule has 0 radical (unpaired) electrons. The first-order valence-corrected chi connectivity index (χ1v) is 13.0. The van der Waals surface area contributed by atoms with Gasteiger partial charge in [0.15, 0.2) is 5.82 Å². The molecule has 39 heavy (non-hydrogen) atoms. The first kappa shape index (κ1) is 27.8. The Labute approximate surface area is 226 Å². The van der Waals surface area contributed by atoms with Crippen LogP contribution in [-0.4, -0.2) is 32.2 Å². The van der Waals surface area contributed by atoms with Gasteiger partial charge in [0.25, 0.3) is 0 Å². The average molecular weight is 555 g/mol. The van der Waals surface area contributed by atoms with Crippen molar-refractivity contribution in [2.75, 3.05) is 10.6 Å². The van der Waals surface area contributed by atoms with Crippen LogP contribution in [0.5, 0.6) is 0 Å². The van der Waals surface area contributed by atoms with Crippen molar-refractivity contribution >= 4 is 34.1 Å². The summed E-state index contributed by atoms with van der Waals surface area (Å²) in [5.74, 6) is -0.224. The third-order valence-electron chi connectivity index (χ3n) is 5.60. The van der Waals surface area contributed by atoms with Gasteiger partial charge in [-0.2, -0.15) is 18.3 Å². The highest BCUT2D eigenvalue weighted by molar-refractivity contribution is 7.15. The molecule has 0 bridgehead atoms. The quantitative estimate of drug-likeness (QED) is 0.244. The van der Waals surface area contributed by atoms with Crippen LogP contribution in [0, 0.1) is 0 Å². The fraction of sp³-hybridized carbons (Fsp3) is 0.259. The fourth-order valence-electron chi connectivity index (χ4n) is 3.72. The molecule has 0 saturated heterocycles. The van der Waals surface area contributed by atoms with Crippen LogP contribution in [-0.2, 0) is 41.4 Å². The lowest BCUT2D eigenvalue weighted by Crippen LogP contribution is -2.15. The van der Waals surface area contributed by atoms with E-state index in [1.165, 1.54) is 23.5 Å². The van der Waals surface area contributed by atoms with E-state index in [-0.39, 0.29) is 24.3 Å². The van der Waals surface area contributed by atoms with E-state index in [1.807, 2.05) is 36.4 Å². The standard InChI is InChI=1S/C27H25F3N6O2S/c28-27(29,30)20-10-6-9-19(15-20)17-24(38)32-26-36-35-25(39-26)12-5-4-11-21-13-14-22(34-33-21)31-23(37)16-18-7-2-1-3-8-18/h1-3,6-10,13-15H,4-5,11-12,16-17H2,(H,31,34,37)(H,32,36,38). The summed E-state index contributed by atoms with van der Waals surface area (Å²) in [6.07, 6.45) is -1.41. The number of carbonyl (C=O) groups is 2. The monoisotopic (exact) mass is 554 g/mol. The molecule has 12 heteroatoms. The van der Waals surface area contributed by atoms with Crippen LogP contribution >= 0.6 is 11.3 Å². The molecule has 2 heterocycles. The van der Waals surface area contributed by atoms with Crippen molar-refractivity contribution in [2.45, 2.75) is 44.7 Å². The van der Waals surface area contributed by atoms with Gasteiger partial charge in [-0.25, -0.2) is 0 Å². The van der Waals surface area contributed by atoms with Crippen molar-refractivity contribution in [3.8, 4) is 0 Å². The van der Waals surface area contributed by atoms with Gasteiger partial charge in [-0.1, -0.05) is 59.9 Å². The zero-order valence-corrected chi connectivity index (χ0v) is 21.6. The Morgan fingerprint density at radius 1 is 0.744 bits per heavy atom. The Morgan fingerprint density at radius 2 is 1.46 bits per heavy atom. The Bertz CT molecular complexity index is 1390. The molecule has 0 unspecified atom stereocenters. The van der Waals surface area contributed by atoms with Gasteiger partial charge in [0.05, 0.1) is 24.1 Å². The number of rotatable bonds is 11. The number of nitrogens with one attached hydrogen (secondary N) is 2. The van der Waals surface area contributed by atoms with Gasteiger partial charge in [0, 0.05) is 6.42 Å². The van der Waals surface area contributed by atoms with Crippen molar-refractivity contribution in [1.82, 2.24) is 20.4 Å². The van der Waals surface area contributed by atoms with Gasteiger partial charge < -0.3 is 10.6 Å². The van der Waals surface area contributed by atoms with Crippen LogP contribution in [0.1, 0.15) is 40.2 Å². The van der Waals surface area contributed by atoms with Gasteiger partial charge in [0.1, 0.15) is 5.01 Å². The third kappa shape index (κ3) is 8.95. The highest BCUT2D eigenvalue weighted by Crippen LogP contribution is 2.29. The Hall–Kier alpha value is -4.19.